The Bertz CT molecular complexity index is 405. The maximum absolute atomic E-state index is 11.5. The number of benzene rings is 1. The van der Waals surface area contributed by atoms with Crippen LogP contribution in [0.5, 0.6) is 11.5 Å². The molecule has 0 radical (unpaired) electrons. The van der Waals surface area contributed by atoms with E-state index >= 15 is 0 Å². The van der Waals surface area contributed by atoms with E-state index in [2.05, 4.69) is 0 Å². The molecule has 0 saturated carbocycles. The van der Waals surface area contributed by atoms with Gasteiger partial charge in [0.15, 0.2) is 6.10 Å². The molecule has 1 saturated heterocycles. The number of nitrogens with zero attached hydrogens (tertiary/aromatic N) is 1. The molecule has 0 aliphatic carbocycles. The number of hydrogen-bond acceptors (Lipinski definition) is 4. The van der Waals surface area contributed by atoms with Crippen molar-refractivity contribution in [3.63, 3.8) is 0 Å². The van der Waals surface area contributed by atoms with Gasteiger partial charge in [-0.05, 0) is 19.1 Å². The molecule has 1 heterocycles. The van der Waals surface area contributed by atoms with Crippen LogP contribution in [0, 0.1) is 0 Å². The van der Waals surface area contributed by atoms with Gasteiger partial charge < -0.3 is 19.8 Å². The average molecular weight is 223 g/mol. The molecule has 2 N–H and O–H groups in total. The highest BCUT2D eigenvalue weighted by atomic mass is 16.5. The smallest absolute Gasteiger partial charge is 0.267 e. The van der Waals surface area contributed by atoms with Gasteiger partial charge >= 0.3 is 0 Å². The lowest BCUT2D eigenvalue weighted by Crippen LogP contribution is -2.61. The van der Waals surface area contributed by atoms with Crippen molar-refractivity contribution in [2.75, 3.05) is 6.54 Å². The third-order valence-electron chi connectivity index (χ3n) is 2.47. The predicted octanol–water partition coefficient (Wildman–Crippen LogP) is 0.320. The zero-order chi connectivity index (χ0) is 11.7. The molecule has 5 heteroatoms. The largest absolute Gasteiger partial charge is 0.508 e. The van der Waals surface area contributed by atoms with Crippen molar-refractivity contribution in [2.24, 2.45) is 0 Å². The number of rotatable bonds is 3. The number of aromatic hydroxyl groups is 1. The summed E-state index contributed by atoms with van der Waals surface area (Å²) in [5, 5.41) is 18.4. The van der Waals surface area contributed by atoms with Gasteiger partial charge in [0.05, 0.1) is 6.54 Å². The van der Waals surface area contributed by atoms with E-state index in [1.54, 1.807) is 12.1 Å². The lowest BCUT2D eigenvalue weighted by atomic mass is 10.1. The fraction of sp³-hybridized carbons (Fsp3) is 0.364. The Kier molecular flexibility index (Phi) is 2.70. The molecule has 2 atom stereocenters. The van der Waals surface area contributed by atoms with E-state index in [4.69, 9.17) is 4.74 Å². The van der Waals surface area contributed by atoms with Crippen LogP contribution >= 0.6 is 0 Å². The Morgan fingerprint density at radius 2 is 2.31 bits per heavy atom. The molecule has 1 aliphatic rings. The van der Waals surface area contributed by atoms with Crippen LogP contribution < -0.4 is 4.74 Å². The molecule has 2 rings (SSSR count). The molecule has 1 aliphatic heterocycles. The number of likely N-dealkylation sites (tertiary alicyclic amines) is 1. The molecular weight excluding hydrogens is 210 g/mol. The molecule has 0 aromatic heterocycles. The zero-order valence-corrected chi connectivity index (χ0v) is 8.83. The second-order valence-corrected chi connectivity index (χ2v) is 3.73. The minimum Gasteiger partial charge on any atom is -0.508 e. The molecule has 0 spiro atoms. The third kappa shape index (κ3) is 1.94. The zero-order valence-electron chi connectivity index (χ0n) is 8.83. The molecule has 1 aromatic carbocycles. The third-order valence-corrected chi connectivity index (χ3v) is 2.47. The maximum atomic E-state index is 11.5. The van der Waals surface area contributed by atoms with Crippen molar-refractivity contribution < 1.29 is 19.7 Å². The number of hydrogen-bond donors (Lipinski definition) is 2. The topological polar surface area (TPSA) is 70.0 Å². The predicted molar refractivity (Wildman–Crippen MR) is 55.9 cm³/mol. The SMILES string of the molecule is C[C@@H](O)N1CC(Oc2cccc(O)c2)C1=O. The summed E-state index contributed by atoms with van der Waals surface area (Å²) < 4.78 is 5.36. The summed E-state index contributed by atoms with van der Waals surface area (Å²) in [7, 11) is 0. The Morgan fingerprint density at radius 3 is 2.88 bits per heavy atom. The summed E-state index contributed by atoms with van der Waals surface area (Å²) in [5.41, 5.74) is 0. The lowest BCUT2D eigenvalue weighted by Gasteiger charge is -2.39. The Morgan fingerprint density at radius 1 is 1.56 bits per heavy atom. The minimum atomic E-state index is -0.781. The van der Waals surface area contributed by atoms with Crippen LogP contribution in [0.15, 0.2) is 24.3 Å². The van der Waals surface area contributed by atoms with Crippen molar-refractivity contribution in [3.05, 3.63) is 24.3 Å². The maximum Gasteiger partial charge on any atom is 0.267 e. The van der Waals surface area contributed by atoms with Gasteiger partial charge in [-0.25, -0.2) is 0 Å². The van der Waals surface area contributed by atoms with Crippen LogP contribution in [0.1, 0.15) is 6.92 Å². The molecule has 1 unspecified atom stereocenters. The van der Waals surface area contributed by atoms with Gasteiger partial charge in [0.2, 0.25) is 0 Å². The van der Waals surface area contributed by atoms with Crippen LogP contribution in [0.2, 0.25) is 0 Å². The number of phenols is 1. The Balaban J connectivity index is 1.96. The molecule has 5 nitrogen and oxygen atoms in total. The number of phenolic OH excluding ortho intramolecular Hbond substituents is 1. The summed E-state index contributed by atoms with van der Waals surface area (Å²) in [6.45, 7) is 1.90. The van der Waals surface area contributed by atoms with E-state index in [0.717, 1.165) is 0 Å². The van der Waals surface area contributed by atoms with E-state index in [1.165, 1.54) is 24.0 Å². The van der Waals surface area contributed by atoms with Crippen LogP contribution in [0.25, 0.3) is 0 Å². The minimum absolute atomic E-state index is 0.0941. The summed E-state index contributed by atoms with van der Waals surface area (Å²) >= 11 is 0. The first kappa shape index (κ1) is 10.8. The normalized spacial score (nSPS) is 21.5. The fourth-order valence-corrected chi connectivity index (χ4v) is 1.56. The standard InChI is InChI=1S/C11H13NO4/c1-7(13)12-6-10(11(12)15)16-9-4-2-3-8(14)5-9/h2-5,7,10,13-14H,6H2,1H3/t7-,10?/m1/s1. The van der Waals surface area contributed by atoms with Crippen molar-refractivity contribution in [1.29, 1.82) is 0 Å². The first-order valence-electron chi connectivity index (χ1n) is 5.02. The second-order valence-electron chi connectivity index (χ2n) is 3.73. The first-order valence-corrected chi connectivity index (χ1v) is 5.02. The van der Waals surface area contributed by atoms with Crippen LogP contribution in [0.3, 0.4) is 0 Å². The van der Waals surface area contributed by atoms with Crippen LogP contribution in [-0.2, 0) is 4.79 Å². The molecule has 16 heavy (non-hydrogen) atoms. The van der Waals surface area contributed by atoms with Gasteiger partial charge in [-0.2, -0.15) is 0 Å². The van der Waals surface area contributed by atoms with Gasteiger partial charge in [-0.15, -0.1) is 0 Å². The second kappa shape index (κ2) is 4.02. The van der Waals surface area contributed by atoms with Gasteiger partial charge in [0, 0.05) is 6.07 Å². The molecule has 1 fully saturated rings. The monoisotopic (exact) mass is 223 g/mol. The Labute approximate surface area is 92.9 Å². The van der Waals surface area contributed by atoms with Crippen molar-refractivity contribution in [1.82, 2.24) is 4.90 Å². The summed E-state index contributed by atoms with van der Waals surface area (Å²) in [5.74, 6) is 0.304. The number of β-lactam (4-membered cyclic amide) rings is 1. The van der Waals surface area contributed by atoms with E-state index in [0.29, 0.717) is 12.3 Å². The van der Waals surface area contributed by atoms with Gasteiger partial charge in [-0.1, -0.05) is 6.07 Å². The van der Waals surface area contributed by atoms with E-state index < -0.39 is 12.3 Å². The highest BCUT2D eigenvalue weighted by molar-refractivity contribution is 5.87. The van der Waals surface area contributed by atoms with E-state index in [-0.39, 0.29) is 11.7 Å². The number of aliphatic hydroxyl groups is 1. The highest BCUT2D eigenvalue weighted by Gasteiger charge is 2.40. The first-order chi connectivity index (χ1) is 7.58. The number of aliphatic hydroxyl groups excluding tert-OH is 1. The molecular formula is C11H13NO4. The van der Waals surface area contributed by atoms with E-state index in [1.807, 2.05) is 0 Å². The van der Waals surface area contributed by atoms with Crippen LogP contribution in [-0.4, -0.2) is 39.9 Å². The van der Waals surface area contributed by atoms with Crippen molar-refractivity contribution in [3.8, 4) is 11.5 Å². The fourth-order valence-electron chi connectivity index (χ4n) is 1.56. The molecule has 1 amide bonds. The van der Waals surface area contributed by atoms with Gasteiger partial charge in [-0.3, -0.25) is 4.79 Å². The van der Waals surface area contributed by atoms with E-state index in [9.17, 15) is 15.0 Å². The van der Waals surface area contributed by atoms with Crippen LogP contribution in [0.4, 0.5) is 0 Å². The number of carbonyl (C=O) groups excluding carboxylic acids is 1. The molecule has 86 valence electrons. The summed E-state index contributed by atoms with van der Waals surface area (Å²) in [6, 6.07) is 6.27. The lowest BCUT2D eigenvalue weighted by molar-refractivity contribution is -0.167. The quantitative estimate of drug-likeness (QED) is 0.724. The average Bonchev–Trinajstić information content (AvgIpc) is 2.22. The number of carbonyl (C=O) groups is 1. The van der Waals surface area contributed by atoms with Crippen molar-refractivity contribution in [2.45, 2.75) is 19.3 Å². The molecule has 0 bridgehead atoms. The highest BCUT2D eigenvalue weighted by Crippen LogP contribution is 2.23. The summed E-state index contributed by atoms with van der Waals surface area (Å²) in [6.07, 6.45) is -1.34. The van der Waals surface area contributed by atoms with Crippen molar-refractivity contribution >= 4 is 5.91 Å². The van der Waals surface area contributed by atoms with Gasteiger partial charge in [0.25, 0.3) is 5.91 Å². The number of amides is 1. The Hall–Kier alpha value is -1.75. The molecule has 1 aromatic rings. The number of ether oxygens (including phenoxy) is 1. The van der Waals surface area contributed by atoms with Gasteiger partial charge in [0.1, 0.15) is 17.7 Å². The summed E-state index contributed by atoms with van der Waals surface area (Å²) in [4.78, 5) is 12.8.